The molecule has 0 bridgehead atoms. The molecule has 2 aliphatic rings. The fourth-order valence-corrected chi connectivity index (χ4v) is 4.54. The predicted molar refractivity (Wildman–Crippen MR) is 113 cm³/mol. The van der Waals surface area contributed by atoms with Crippen LogP contribution >= 0.6 is 0 Å². The molecule has 2 aromatic rings. The van der Waals surface area contributed by atoms with Gasteiger partial charge in [0.1, 0.15) is 0 Å². The molecule has 1 atom stereocenters. The molecule has 0 radical (unpaired) electrons. The molecule has 1 saturated heterocycles. The molecule has 0 aliphatic carbocycles. The fourth-order valence-electron chi connectivity index (χ4n) is 4.54. The summed E-state index contributed by atoms with van der Waals surface area (Å²) in [4.78, 5) is 31.5. The molecule has 4 rings (SSSR count). The average Bonchev–Trinajstić information content (AvgIpc) is 2.75. The van der Waals surface area contributed by atoms with Crippen molar-refractivity contribution in [2.75, 3.05) is 32.7 Å². The van der Waals surface area contributed by atoms with Crippen LogP contribution in [0.2, 0.25) is 0 Å². The first-order valence-electron chi connectivity index (χ1n) is 10.5. The Kier molecular flexibility index (Phi) is 5.95. The molecule has 0 spiro atoms. The minimum Gasteiger partial charge on any atom is -0.340 e. The van der Waals surface area contributed by atoms with Crippen LogP contribution < -0.4 is 0 Å². The Labute approximate surface area is 172 Å². The number of benzene rings is 2. The summed E-state index contributed by atoms with van der Waals surface area (Å²) in [5.74, 6) is 0.197. The maximum absolute atomic E-state index is 13.1. The Hall–Kier alpha value is -2.66. The van der Waals surface area contributed by atoms with Gasteiger partial charge < -0.3 is 9.80 Å². The van der Waals surface area contributed by atoms with Gasteiger partial charge in [0.25, 0.3) is 0 Å². The molecule has 0 aromatic heterocycles. The lowest BCUT2D eigenvalue weighted by atomic mass is 9.90. The summed E-state index contributed by atoms with van der Waals surface area (Å²) in [7, 11) is 0. The summed E-state index contributed by atoms with van der Waals surface area (Å²) in [6, 6.07) is 18.5. The molecule has 5 nitrogen and oxygen atoms in total. The van der Waals surface area contributed by atoms with Crippen LogP contribution in [0.1, 0.15) is 36.1 Å². The van der Waals surface area contributed by atoms with Crippen LogP contribution in [0.4, 0.5) is 0 Å². The second kappa shape index (κ2) is 8.78. The molecule has 1 unspecified atom stereocenters. The second-order valence-corrected chi connectivity index (χ2v) is 8.02. The highest BCUT2D eigenvalue weighted by Crippen LogP contribution is 2.32. The van der Waals surface area contributed by atoms with Gasteiger partial charge in [-0.25, -0.2) is 0 Å². The quantitative estimate of drug-likeness (QED) is 0.805. The van der Waals surface area contributed by atoms with E-state index in [1.165, 1.54) is 11.1 Å². The molecule has 0 saturated carbocycles. The first-order valence-corrected chi connectivity index (χ1v) is 10.5. The van der Waals surface area contributed by atoms with Gasteiger partial charge in [0, 0.05) is 46.2 Å². The number of carbonyl (C=O) groups is 2. The van der Waals surface area contributed by atoms with Crippen molar-refractivity contribution in [1.29, 1.82) is 0 Å². The minimum absolute atomic E-state index is 0.0463. The third-order valence-corrected chi connectivity index (χ3v) is 6.16. The number of amides is 2. The number of nitrogens with zero attached hydrogens (tertiary/aromatic N) is 3. The Morgan fingerprint density at radius 3 is 2.31 bits per heavy atom. The Balaban J connectivity index is 1.38. The van der Waals surface area contributed by atoms with E-state index >= 15 is 0 Å². The maximum Gasteiger partial charge on any atom is 0.225 e. The smallest absolute Gasteiger partial charge is 0.225 e. The van der Waals surface area contributed by atoms with Crippen LogP contribution in [0.25, 0.3) is 0 Å². The normalized spacial score (nSPS) is 19.7. The number of fused-ring (bicyclic) bond motifs is 1. The molecule has 2 amide bonds. The molecule has 29 heavy (non-hydrogen) atoms. The summed E-state index contributed by atoms with van der Waals surface area (Å²) >= 11 is 0. The van der Waals surface area contributed by atoms with E-state index in [-0.39, 0.29) is 17.9 Å². The van der Waals surface area contributed by atoms with Crippen molar-refractivity contribution in [3.8, 4) is 0 Å². The number of carbonyl (C=O) groups excluding carboxylic acids is 2. The number of rotatable bonds is 4. The molecule has 1 fully saturated rings. The van der Waals surface area contributed by atoms with Crippen molar-refractivity contribution >= 4 is 11.8 Å². The van der Waals surface area contributed by atoms with E-state index in [2.05, 4.69) is 41.3 Å². The van der Waals surface area contributed by atoms with E-state index in [0.29, 0.717) is 13.0 Å². The van der Waals surface area contributed by atoms with Crippen molar-refractivity contribution < 1.29 is 9.59 Å². The standard InChI is InChI=1S/C24H29N3O2/c1-19(28)27-12-11-21-9-5-6-10-22(21)23(27)17-24(29)26-15-13-25(14-16-26)18-20-7-3-2-4-8-20/h2-10,23H,11-18H2,1H3. The largest absolute Gasteiger partial charge is 0.340 e. The first-order chi connectivity index (χ1) is 14.1. The lowest BCUT2D eigenvalue weighted by molar-refractivity contribution is -0.137. The zero-order valence-electron chi connectivity index (χ0n) is 17.1. The monoisotopic (exact) mass is 391 g/mol. The summed E-state index contributed by atoms with van der Waals surface area (Å²) in [5, 5.41) is 0. The molecule has 0 N–H and O–H groups in total. The van der Waals surface area contributed by atoms with Crippen molar-refractivity contribution in [2.45, 2.75) is 32.4 Å². The van der Waals surface area contributed by atoms with E-state index in [1.54, 1.807) is 6.92 Å². The van der Waals surface area contributed by atoms with Crippen LogP contribution in [0, 0.1) is 0 Å². The SMILES string of the molecule is CC(=O)N1CCc2ccccc2C1CC(=O)N1CCN(Cc2ccccc2)CC1. The van der Waals surface area contributed by atoms with E-state index in [9.17, 15) is 9.59 Å². The second-order valence-electron chi connectivity index (χ2n) is 8.02. The van der Waals surface area contributed by atoms with Crippen LogP contribution in [0.15, 0.2) is 54.6 Å². The molecular weight excluding hydrogens is 362 g/mol. The van der Waals surface area contributed by atoms with E-state index in [0.717, 1.165) is 44.7 Å². The highest BCUT2D eigenvalue weighted by Gasteiger charge is 2.32. The highest BCUT2D eigenvalue weighted by atomic mass is 16.2. The van der Waals surface area contributed by atoms with Gasteiger partial charge in [-0.15, -0.1) is 0 Å². The average molecular weight is 392 g/mol. The Bertz CT molecular complexity index is 859. The molecule has 2 aromatic carbocycles. The van der Waals surface area contributed by atoms with Gasteiger partial charge in [-0.3, -0.25) is 14.5 Å². The van der Waals surface area contributed by atoms with E-state index in [4.69, 9.17) is 0 Å². The fraction of sp³-hybridized carbons (Fsp3) is 0.417. The van der Waals surface area contributed by atoms with Crippen molar-refractivity contribution in [1.82, 2.24) is 14.7 Å². The van der Waals surface area contributed by atoms with Crippen molar-refractivity contribution in [2.24, 2.45) is 0 Å². The number of piperazine rings is 1. The zero-order chi connectivity index (χ0) is 20.2. The zero-order valence-corrected chi connectivity index (χ0v) is 17.1. The van der Waals surface area contributed by atoms with Gasteiger partial charge in [-0.1, -0.05) is 54.6 Å². The highest BCUT2D eigenvalue weighted by molar-refractivity contribution is 5.80. The summed E-state index contributed by atoms with van der Waals surface area (Å²) in [6.07, 6.45) is 1.23. The predicted octanol–water partition coefficient (Wildman–Crippen LogP) is 2.87. The van der Waals surface area contributed by atoms with E-state index in [1.807, 2.05) is 28.0 Å². The van der Waals surface area contributed by atoms with Gasteiger partial charge in [0.2, 0.25) is 11.8 Å². The lowest BCUT2D eigenvalue weighted by Gasteiger charge is -2.39. The summed E-state index contributed by atoms with van der Waals surface area (Å²) in [6.45, 7) is 6.50. The van der Waals surface area contributed by atoms with Crippen LogP contribution in [0.5, 0.6) is 0 Å². The van der Waals surface area contributed by atoms with E-state index < -0.39 is 0 Å². The minimum atomic E-state index is -0.146. The van der Waals surface area contributed by atoms with Gasteiger partial charge in [0.05, 0.1) is 12.5 Å². The third kappa shape index (κ3) is 4.51. The van der Waals surface area contributed by atoms with Gasteiger partial charge in [0.15, 0.2) is 0 Å². The van der Waals surface area contributed by atoms with Crippen LogP contribution in [0.3, 0.4) is 0 Å². The van der Waals surface area contributed by atoms with Crippen LogP contribution in [-0.2, 0) is 22.6 Å². The number of hydrogen-bond donors (Lipinski definition) is 0. The molecule has 152 valence electrons. The molecule has 2 heterocycles. The molecule has 2 aliphatic heterocycles. The van der Waals surface area contributed by atoms with Crippen LogP contribution in [-0.4, -0.2) is 59.2 Å². The first kappa shape index (κ1) is 19.6. The van der Waals surface area contributed by atoms with Gasteiger partial charge >= 0.3 is 0 Å². The van der Waals surface area contributed by atoms with Gasteiger partial charge in [-0.05, 0) is 23.1 Å². The number of hydrogen-bond acceptors (Lipinski definition) is 3. The summed E-state index contributed by atoms with van der Waals surface area (Å²) < 4.78 is 0. The molecule has 5 heteroatoms. The molecular formula is C24H29N3O2. The van der Waals surface area contributed by atoms with Gasteiger partial charge in [-0.2, -0.15) is 0 Å². The van der Waals surface area contributed by atoms with Crippen molar-refractivity contribution in [3.63, 3.8) is 0 Å². The maximum atomic E-state index is 13.1. The Morgan fingerprint density at radius 2 is 1.59 bits per heavy atom. The summed E-state index contributed by atoms with van der Waals surface area (Å²) in [5.41, 5.74) is 3.70. The van der Waals surface area contributed by atoms with Crippen molar-refractivity contribution in [3.05, 3.63) is 71.3 Å². The topological polar surface area (TPSA) is 43.9 Å². The third-order valence-electron chi connectivity index (χ3n) is 6.16. The Morgan fingerprint density at radius 1 is 0.897 bits per heavy atom. The lowest BCUT2D eigenvalue weighted by Crippen LogP contribution is -2.49.